The zero-order chi connectivity index (χ0) is 8.81. The fourth-order valence-corrected chi connectivity index (χ4v) is 1.16. The first-order valence-corrected chi connectivity index (χ1v) is 4.80. The van der Waals surface area contributed by atoms with Gasteiger partial charge in [-0.3, -0.25) is 0 Å². The van der Waals surface area contributed by atoms with Gasteiger partial charge in [0, 0.05) is 6.42 Å². The van der Waals surface area contributed by atoms with E-state index >= 15 is 0 Å². The monoisotopic (exact) mass is 167 g/mol. The van der Waals surface area contributed by atoms with Crippen molar-refractivity contribution in [1.29, 1.82) is 0 Å². The van der Waals surface area contributed by atoms with E-state index in [9.17, 15) is 0 Å². The Hall–Kier alpha value is -0.790. The van der Waals surface area contributed by atoms with Crippen molar-refractivity contribution in [3.05, 3.63) is 17.8 Å². The van der Waals surface area contributed by atoms with Crippen LogP contribution in [0.5, 0.6) is 0 Å². The predicted octanol–water partition coefficient (Wildman–Crippen LogP) is 2.97. The maximum Gasteiger partial charge on any atom is 0.194 e. The Morgan fingerprint density at radius 2 is 2.08 bits per heavy atom. The number of nitrogens with zero attached hydrogens (tertiary/aromatic N) is 1. The molecule has 0 spiro atoms. The maximum absolute atomic E-state index is 5.31. The van der Waals surface area contributed by atoms with E-state index in [1.54, 1.807) is 6.26 Å². The number of hydrogen-bond acceptors (Lipinski definition) is 2. The van der Waals surface area contributed by atoms with Crippen molar-refractivity contribution in [1.82, 2.24) is 4.98 Å². The summed E-state index contributed by atoms with van der Waals surface area (Å²) < 4.78 is 5.31. The van der Waals surface area contributed by atoms with E-state index in [1.807, 2.05) is 0 Å². The summed E-state index contributed by atoms with van der Waals surface area (Å²) in [7, 11) is 0. The number of hydrogen-bond donors (Lipinski definition) is 0. The van der Waals surface area contributed by atoms with Crippen LogP contribution in [0.1, 0.15) is 44.7 Å². The highest BCUT2D eigenvalue weighted by molar-refractivity contribution is 4.96. The molecule has 68 valence electrons. The topological polar surface area (TPSA) is 26.0 Å². The van der Waals surface area contributed by atoms with Gasteiger partial charge in [0.2, 0.25) is 0 Å². The van der Waals surface area contributed by atoms with Crippen LogP contribution in [0.25, 0.3) is 0 Å². The molecular weight excluding hydrogens is 150 g/mol. The van der Waals surface area contributed by atoms with E-state index in [0.717, 1.165) is 30.8 Å². The summed E-state index contributed by atoms with van der Waals surface area (Å²) in [6, 6.07) is 0. The highest BCUT2D eigenvalue weighted by Gasteiger charge is 2.01. The van der Waals surface area contributed by atoms with Crippen LogP contribution in [-0.2, 0) is 12.8 Å². The van der Waals surface area contributed by atoms with Gasteiger partial charge in [-0.1, -0.05) is 26.7 Å². The fraction of sp³-hybridized carbons (Fsp3) is 0.700. The molecule has 0 radical (unpaired) electrons. The van der Waals surface area contributed by atoms with E-state index in [1.165, 1.54) is 12.8 Å². The number of aryl methyl sites for hydroxylation is 2. The van der Waals surface area contributed by atoms with Gasteiger partial charge in [0.15, 0.2) is 5.89 Å². The highest BCUT2D eigenvalue weighted by atomic mass is 16.3. The Morgan fingerprint density at radius 1 is 1.25 bits per heavy atom. The fourth-order valence-electron chi connectivity index (χ4n) is 1.16. The molecule has 1 aromatic heterocycles. The SMILES string of the molecule is CCCCc1nc(CCC)co1. The lowest BCUT2D eigenvalue weighted by atomic mass is 10.2. The minimum absolute atomic E-state index is 0.903. The zero-order valence-electron chi connectivity index (χ0n) is 7.97. The van der Waals surface area contributed by atoms with E-state index in [0.29, 0.717) is 0 Å². The minimum Gasteiger partial charge on any atom is -0.449 e. The second-order valence-electron chi connectivity index (χ2n) is 3.09. The van der Waals surface area contributed by atoms with Crippen molar-refractivity contribution in [2.24, 2.45) is 0 Å². The molecule has 12 heavy (non-hydrogen) atoms. The normalized spacial score (nSPS) is 10.5. The molecule has 0 saturated heterocycles. The van der Waals surface area contributed by atoms with Gasteiger partial charge >= 0.3 is 0 Å². The van der Waals surface area contributed by atoms with Crippen molar-refractivity contribution in [3.8, 4) is 0 Å². The number of oxazole rings is 1. The van der Waals surface area contributed by atoms with Crippen LogP contribution >= 0.6 is 0 Å². The van der Waals surface area contributed by atoms with Gasteiger partial charge < -0.3 is 4.42 Å². The molecule has 0 bridgehead atoms. The molecule has 0 fully saturated rings. The van der Waals surface area contributed by atoms with Crippen LogP contribution < -0.4 is 0 Å². The first kappa shape index (κ1) is 9.30. The van der Waals surface area contributed by atoms with E-state index in [4.69, 9.17) is 4.42 Å². The van der Waals surface area contributed by atoms with Crippen LogP contribution in [-0.4, -0.2) is 4.98 Å². The molecule has 0 aliphatic heterocycles. The quantitative estimate of drug-likeness (QED) is 0.673. The summed E-state index contributed by atoms with van der Waals surface area (Å²) in [5.74, 6) is 0.903. The second-order valence-corrected chi connectivity index (χ2v) is 3.09. The Kier molecular flexibility index (Phi) is 3.85. The Bertz CT molecular complexity index is 217. The van der Waals surface area contributed by atoms with Crippen LogP contribution in [0.3, 0.4) is 0 Å². The minimum atomic E-state index is 0.903. The Labute approximate surface area is 74.0 Å². The summed E-state index contributed by atoms with van der Waals surface area (Å²) in [4.78, 5) is 4.37. The molecule has 1 rings (SSSR count). The first-order chi connectivity index (χ1) is 5.86. The molecule has 0 amide bonds. The van der Waals surface area contributed by atoms with Gasteiger partial charge in [0.1, 0.15) is 6.26 Å². The van der Waals surface area contributed by atoms with Crippen LogP contribution in [0.15, 0.2) is 10.7 Å². The lowest BCUT2D eigenvalue weighted by Crippen LogP contribution is -1.86. The lowest BCUT2D eigenvalue weighted by molar-refractivity contribution is 0.485. The first-order valence-electron chi connectivity index (χ1n) is 4.80. The predicted molar refractivity (Wildman–Crippen MR) is 49.1 cm³/mol. The Morgan fingerprint density at radius 3 is 2.75 bits per heavy atom. The summed E-state index contributed by atoms with van der Waals surface area (Å²) in [5, 5.41) is 0. The van der Waals surface area contributed by atoms with Crippen molar-refractivity contribution in [2.75, 3.05) is 0 Å². The van der Waals surface area contributed by atoms with Crippen LogP contribution in [0.2, 0.25) is 0 Å². The third kappa shape index (κ3) is 2.68. The maximum atomic E-state index is 5.31. The third-order valence-electron chi connectivity index (χ3n) is 1.85. The molecular formula is C10H17NO. The molecule has 0 unspecified atom stereocenters. The summed E-state index contributed by atoms with van der Waals surface area (Å²) in [6.07, 6.45) is 7.32. The van der Waals surface area contributed by atoms with Crippen molar-refractivity contribution in [2.45, 2.75) is 46.0 Å². The summed E-state index contributed by atoms with van der Waals surface area (Å²) in [5.41, 5.74) is 1.10. The molecule has 0 aromatic carbocycles. The van der Waals surface area contributed by atoms with Crippen molar-refractivity contribution in [3.63, 3.8) is 0 Å². The molecule has 2 heteroatoms. The molecule has 1 aromatic rings. The average molecular weight is 167 g/mol. The van der Waals surface area contributed by atoms with E-state index < -0.39 is 0 Å². The smallest absolute Gasteiger partial charge is 0.194 e. The van der Waals surface area contributed by atoms with Gasteiger partial charge in [-0.15, -0.1) is 0 Å². The molecule has 0 N–H and O–H groups in total. The molecule has 0 aliphatic carbocycles. The zero-order valence-corrected chi connectivity index (χ0v) is 7.97. The molecule has 0 aliphatic rings. The summed E-state index contributed by atoms with van der Waals surface area (Å²) >= 11 is 0. The van der Waals surface area contributed by atoms with E-state index in [-0.39, 0.29) is 0 Å². The molecule has 0 saturated carbocycles. The highest BCUT2D eigenvalue weighted by Crippen LogP contribution is 2.07. The van der Waals surface area contributed by atoms with Crippen LogP contribution in [0, 0.1) is 0 Å². The second kappa shape index (κ2) is 4.96. The summed E-state index contributed by atoms with van der Waals surface area (Å²) in [6.45, 7) is 4.33. The molecule has 0 atom stereocenters. The van der Waals surface area contributed by atoms with Gasteiger partial charge in [0.25, 0.3) is 0 Å². The number of unbranched alkanes of at least 4 members (excludes halogenated alkanes) is 1. The lowest BCUT2D eigenvalue weighted by Gasteiger charge is -1.90. The molecule has 1 heterocycles. The van der Waals surface area contributed by atoms with Gasteiger partial charge in [-0.2, -0.15) is 0 Å². The molecule has 2 nitrogen and oxygen atoms in total. The van der Waals surface area contributed by atoms with Gasteiger partial charge in [0.05, 0.1) is 5.69 Å². The Balaban J connectivity index is 2.41. The van der Waals surface area contributed by atoms with Gasteiger partial charge in [-0.05, 0) is 12.8 Å². The van der Waals surface area contributed by atoms with E-state index in [2.05, 4.69) is 18.8 Å². The van der Waals surface area contributed by atoms with Crippen LogP contribution in [0.4, 0.5) is 0 Å². The standard InChI is InChI=1S/C10H17NO/c1-3-5-7-10-11-9(6-4-2)8-12-10/h8H,3-7H2,1-2H3. The largest absolute Gasteiger partial charge is 0.449 e. The number of rotatable bonds is 5. The van der Waals surface area contributed by atoms with Crippen molar-refractivity contribution >= 4 is 0 Å². The number of aromatic nitrogens is 1. The average Bonchev–Trinajstić information content (AvgIpc) is 2.50. The van der Waals surface area contributed by atoms with Crippen molar-refractivity contribution < 1.29 is 4.42 Å². The van der Waals surface area contributed by atoms with Gasteiger partial charge in [-0.25, -0.2) is 4.98 Å². The third-order valence-corrected chi connectivity index (χ3v) is 1.85.